The third-order valence-corrected chi connectivity index (χ3v) is 11.1. The van der Waals surface area contributed by atoms with Crippen molar-refractivity contribution in [2.75, 3.05) is 4.90 Å². The minimum Gasteiger partial charge on any atom is -0.456 e. The summed E-state index contributed by atoms with van der Waals surface area (Å²) >= 11 is 0. The molecule has 0 aliphatic heterocycles. The van der Waals surface area contributed by atoms with Gasteiger partial charge in [-0.05, 0) is 100 Å². The molecule has 0 unspecified atom stereocenters. The highest BCUT2D eigenvalue weighted by molar-refractivity contribution is 6.19. The summed E-state index contributed by atoms with van der Waals surface area (Å²) in [6.45, 7) is 0. The van der Waals surface area contributed by atoms with Crippen LogP contribution in [0.5, 0.6) is 0 Å². The van der Waals surface area contributed by atoms with Crippen LogP contribution in [0.15, 0.2) is 195 Å². The first-order chi connectivity index (χ1) is 27.7. The van der Waals surface area contributed by atoms with Crippen LogP contribution in [0.25, 0.3) is 99.1 Å². The summed E-state index contributed by atoms with van der Waals surface area (Å²) in [6.07, 6.45) is 0. The molecule has 0 saturated heterocycles. The molecule has 5 heteroatoms. The topological polar surface area (TPSA) is 55.6 Å². The molecule has 9 aromatic carbocycles. The van der Waals surface area contributed by atoms with Crippen molar-refractivity contribution in [2.24, 2.45) is 0 Å². The standard InChI is InChI=1S/C51H30N2O3/c1-3-10-31(11-4-1)38-15-9-17-46-49(38)42-29-36(24-27-45(42)54-46)53(37-23-25-40-39-14-7-8-16-44(39)55-47(40)30-37)35-22-20-32-18-19-33-21-26-43-50(48(33)41(32)28-35)56-51(52-43)34-12-5-2-6-13-34/h1-30H. The third kappa shape index (κ3) is 4.71. The quantitative estimate of drug-likeness (QED) is 0.166. The summed E-state index contributed by atoms with van der Waals surface area (Å²) < 4.78 is 19.5. The van der Waals surface area contributed by atoms with Gasteiger partial charge in [0, 0.05) is 55.6 Å². The number of nitrogens with zero attached hydrogens (tertiary/aromatic N) is 2. The highest BCUT2D eigenvalue weighted by Crippen LogP contribution is 2.44. The normalized spacial score (nSPS) is 11.9. The summed E-state index contributed by atoms with van der Waals surface area (Å²) in [4.78, 5) is 7.23. The summed E-state index contributed by atoms with van der Waals surface area (Å²) in [6, 6.07) is 63.3. The molecule has 0 bridgehead atoms. The maximum atomic E-state index is 6.60. The Bertz CT molecular complexity index is 3490. The largest absolute Gasteiger partial charge is 0.456 e. The average Bonchev–Trinajstić information content (AvgIpc) is 3.97. The van der Waals surface area contributed by atoms with Crippen LogP contribution in [0.1, 0.15) is 0 Å². The number of rotatable bonds is 5. The van der Waals surface area contributed by atoms with Crippen LogP contribution in [0.4, 0.5) is 17.1 Å². The van der Waals surface area contributed by atoms with E-state index < -0.39 is 0 Å². The van der Waals surface area contributed by atoms with Crippen molar-refractivity contribution >= 4 is 93.6 Å². The predicted octanol–water partition coefficient (Wildman–Crippen LogP) is 14.7. The Hall–Kier alpha value is -7.63. The molecule has 0 aliphatic rings. The molecule has 0 N–H and O–H groups in total. The van der Waals surface area contributed by atoms with Crippen molar-refractivity contribution in [3.05, 3.63) is 182 Å². The van der Waals surface area contributed by atoms with Gasteiger partial charge >= 0.3 is 0 Å². The van der Waals surface area contributed by atoms with Gasteiger partial charge in [0.15, 0.2) is 5.58 Å². The van der Waals surface area contributed by atoms with Crippen molar-refractivity contribution in [1.29, 1.82) is 0 Å². The number of benzene rings is 9. The maximum absolute atomic E-state index is 6.60. The van der Waals surface area contributed by atoms with E-state index in [0.29, 0.717) is 5.89 Å². The Morgan fingerprint density at radius 3 is 1.88 bits per heavy atom. The summed E-state index contributed by atoms with van der Waals surface area (Å²) in [5.41, 5.74) is 11.2. The van der Waals surface area contributed by atoms with E-state index in [0.717, 1.165) is 110 Å². The van der Waals surface area contributed by atoms with Crippen molar-refractivity contribution in [1.82, 2.24) is 4.98 Å². The van der Waals surface area contributed by atoms with Crippen molar-refractivity contribution < 1.29 is 13.3 Å². The van der Waals surface area contributed by atoms with Crippen LogP contribution in [0, 0.1) is 0 Å². The number of hydrogen-bond donors (Lipinski definition) is 0. The smallest absolute Gasteiger partial charge is 0.227 e. The van der Waals surface area contributed by atoms with Gasteiger partial charge in [0.25, 0.3) is 0 Å². The van der Waals surface area contributed by atoms with E-state index in [4.69, 9.17) is 18.2 Å². The second-order valence-corrected chi connectivity index (χ2v) is 14.3. The molecule has 3 aromatic heterocycles. The second kappa shape index (κ2) is 11.9. The lowest BCUT2D eigenvalue weighted by molar-refractivity contribution is 0.623. The number of aromatic nitrogens is 1. The average molecular weight is 719 g/mol. The molecule has 0 radical (unpaired) electrons. The molecule has 0 amide bonds. The number of fused-ring (bicyclic) bond motifs is 11. The minimum atomic E-state index is 0.609. The van der Waals surface area contributed by atoms with Crippen LogP contribution in [-0.4, -0.2) is 4.98 Å². The molecule has 12 rings (SSSR count). The van der Waals surface area contributed by atoms with Gasteiger partial charge in [0.2, 0.25) is 5.89 Å². The van der Waals surface area contributed by atoms with E-state index in [1.54, 1.807) is 0 Å². The zero-order valence-corrected chi connectivity index (χ0v) is 29.9. The molecule has 0 aliphatic carbocycles. The molecule has 3 heterocycles. The Labute approximate surface area is 320 Å². The fraction of sp³-hybridized carbons (Fsp3) is 0. The Morgan fingerprint density at radius 2 is 1.00 bits per heavy atom. The van der Waals surface area contributed by atoms with Gasteiger partial charge in [-0.15, -0.1) is 0 Å². The van der Waals surface area contributed by atoms with Crippen LogP contribution in [0.2, 0.25) is 0 Å². The van der Waals surface area contributed by atoms with E-state index in [-0.39, 0.29) is 0 Å². The molecule has 0 fully saturated rings. The molecular formula is C51H30N2O3. The van der Waals surface area contributed by atoms with Gasteiger partial charge in [-0.3, -0.25) is 0 Å². The van der Waals surface area contributed by atoms with Gasteiger partial charge in [-0.25, -0.2) is 4.98 Å². The first-order valence-corrected chi connectivity index (χ1v) is 18.8. The summed E-state index contributed by atoms with van der Waals surface area (Å²) in [5.74, 6) is 0.609. The van der Waals surface area contributed by atoms with E-state index in [1.807, 2.05) is 54.6 Å². The zero-order valence-electron chi connectivity index (χ0n) is 29.9. The monoisotopic (exact) mass is 718 g/mol. The summed E-state index contributed by atoms with van der Waals surface area (Å²) in [5, 5.41) is 8.65. The molecule has 0 atom stereocenters. The lowest BCUT2D eigenvalue weighted by atomic mass is 9.98. The van der Waals surface area contributed by atoms with Crippen LogP contribution in [-0.2, 0) is 0 Å². The molecular weight excluding hydrogens is 689 g/mol. The lowest BCUT2D eigenvalue weighted by Crippen LogP contribution is -2.09. The number of para-hydroxylation sites is 1. The molecule has 262 valence electrons. The van der Waals surface area contributed by atoms with Gasteiger partial charge in [0.1, 0.15) is 27.8 Å². The van der Waals surface area contributed by atoms with Gasteiger partial charge in [0.05, 0.1) is 0 Å². The first-order valence-electron chi connectivity index (χ1n) is 18.8. The van der Waals surface area contributed by atoms with E-state index in [9.17, 15) is 0 Å². The lowest BCUT2D eigenvalue weighted by Gasteiger charge is -2.26. The van der Waals surface area contributed by atoms with Gasteiger partial charge in [-0.2, -0.15) is 0 Å². The van der Waals surface area contributed by atoms with E-state index in [2.05, 4.69) is 132 Å². The van der Waals surface area contributed by atoms with Crippen molar-refractivity contribution in [3.63, 3.8) is 0 Å². The zero-order chi connectivity index (χ0) is 36.7. The Morgan fingerprint density at radius 1 is 0.375 bits per heavy atom. The van der Waals surface area contributed by atoms with Crippen molar-refractivity contribution in [2.45, 2.75) is 0 Å². The van der Waals surface area contributed by atoms with Crippen LogP contribution in [0.3, 0.4) is 0 Å². The fourth-order valence-electron chi connectivity index (χ4n) is 8.47. The van der Waals surface area contributed by atoms with E-state index >= 15 is 0 Å². The van der Waals surface area contributed by atoms with E-state index in [1.165, 1.54) is 0 Å². The molecule has 12 aromatic rings. The van der Waals surface area contributed by atoms with Crippen molar-refractivity contribution in [3.8, 4) is 22.6 Å². The predicted molar refractivity (Wildman–Crippen MR) is 229 cm³/mol. The number of oxazole rings is 1. The number of hydrogen-bond acceptors (Lipinski definition) is 5. The highest BCUT2D eigenvalue weighted by atomic mass is 16.3. The number of anilines is 3. The SMILES string of the molecule is c1ccc(-c2nc3ccc4ccc5ccc(N(c6ccc7c(c6)oc6ccccc67)c6ccc7oc8cccc(-c9ccccc9)c8c7c6)cc5c4c3o2)cc1. The van der Waals surface area contributed by atoms with Crippen LogP contribution < -0.4 is 4.90 Å². The second-order valence-electron chi connectivity index (χ2n) is 14.3. The van der Waals surface area contributed by atoms with Crippen LogP contribution >= 0.6 is 0 Å². The molecule has 0 saturated carbocycles. The fourth-order valence-corrected chi connectivity index (χ4v) is 8.47. The molecule has 0 spiro atoms. The Balaban J connectivity index is 1.11. The minimum absolute atomic E-state index is 0.609. The summed E-state index contributed by atoms with van der Waals surface area (Å²) in [7, 11) is 0. The number of furan rings is 2. The maximum Gasteiger partial charge on any atom is 0.227 e. The molecule has 5 nitrogen and oxygen atoms in total. The first kappa shape index (κ1) is 30.8. The van der Waals surface area contributed by atoms with Gasteiger partial charge in [-0.1, -0.05) is 103 Å². The van der Waals surface area contributed by atoms with Gasteiger partial charge < -0.3 is 18.2 Å². The Kier molecular flexibility index (Phi) is 6.56. The third-order valence-electron chi connectivity index (χ3n) is 11.1. The molecule has 56 heavy (non-hydrogen) atoms. The highest BCUT2D eigenvalue weighted by Gasteiger charge is 2.21.